The minimum absolute atomic E-state index is 0.0886. The summed E-state index contributed by atoms with van der Waals surface area (Å²) in [4.78, 5) is 11.3. The lowest BCUT2D eigenvalue weighted by molar-refractivity contribution is -0.117. The quantitative estimate of drug-likeness (QED) is 0.633. The normalized spacial score (nSPS) is 14.0. The molecule has 1 unspecified atom stereocenters. The maximum absolute atomic E-state index is 11.3. The maximum Gasteiger partial charge on any atom is 0.246 e. The first-order chi connectivity index (χ1) is 6.11. The van der Waals surface area contributed by atoms with Crippen molar-refractivity contribution in [3.05, 3.63) is 11.6 Å². The van der Waals surface area contributed by atoms with Crippen LogP contribution in [0.2, 0.25) is 0 Å². The number of amides is 1. The van der Waals surface area contributed by atoms with Gasteiger partial charge in [-0.3, -0.25) is 4.79 Å². The molecule has 0 saturated carbocycles. The molecule has 0 aromatic rings. The molecule has 0 aliphatic heterocycles. The molecule has 2 N–H and O–H groups in total. The largest absolute Gasteiger partial charge is 0.389 e. The van der Waals surface area contributed by atoms with Crippen LogP contribution in [0, 0.1) is 0 Å². The van der Waals surface area contributed by atoms with Gasteiger partial charge in [-0.25, -0.2) is 0 Å². The van der Waals surface area contributed by atoms with Crippen molar-refractivity contribution in [2.75, 3.05) is 6.54 Å². The van der Waals surface area contributed by atoms with Crippen LogP contribution in [-0.4, -0.2) is 23.7 Å². The number of hydrogen-bond acceptors (Lipinski definition) is 2. The van der Waals surface area contributed by atoms with Crippen molar-refractivity contribution < 1.29 is 9.90 Å². The zero-order valence-electron chi connectivity index (χ0n) is 8.63. The number of hydrogen-bond donors (Lipinski definition) is 2. The number of nitrogens with one attached hydrogen (secondary N) is 1. The molecule has 3 nitrogen and oxygen atoms in total. The maximum atomic E-state index is 11.3. The van der Waals surface area contributed by atoms with Crippen molar-refractivity contribution in [3.63, 3.8) is 0 Å². The van der Waals surface area contributed by atoms with Gasteiger partial charge in [-0.05, 0) is 25.8 Å². The van der Waals surface area contributed by atoms with E-state index < -0.39 is 6.10 Å². The molecule has 0 fully saturated rings. The van der Waals surface area contributed by atoms with Crippen molar-refractivity contribution in [1.82, 2.24) is 5.32 Å². The smallest absolute Gasteiger partial charge is 0.246 e. The summed E-state index contributed by atoms with van der Waals surface area (Å²) >= 11 is 0. The molecular weight excluding hydrogens is 166 g/mol. The van der Waals surface area contributed by atoms with Gasteiger partial charge in [0, 0.05) is 12.1 Å². The number of rotatable bonds is 5. The van der Waals surface area contributed by atoms with Gasteiger partial charge in [-0.15, -0.1) is 0 Å². The summed E-state index contributed by atoms with van der Waals surface area (Å²) in [7, 11) is 0. The van der Waals surface area contributed by atoms with Gasteiger partial charge in [0.15, 0.2) is 0 Å². The predicted molar refractivity (Wildman–Crippen MR) is 53.4 cm³/mol. The van der Waals surface area contributed by atoms with E-state index in [0.717, 1.165) is 6.42 Å². The Balaban J connectivity index is 4.00. The van der Waals surface area contributed by atoms with Crippen LogP contribution in [0.4, 0.5) is 0 Å². The lowest BCUT2D eigenvalue weighted by Gasteiger charge is -2.05. The van der Waals surface area contributed by atoms with Crippen LogP contribution < -0.4 is 5.32 Å². The lowest BCUT2D eigenvalue weighted by atomic mass is 10.2. The van der Waals surface area contributed by atoms with Gasteiger partial charge in [-0.2, -0.15) is 0 Å². The van der Waals surface area contributed by atoms with Crippen molar-refractivity contribution in [1.29, 1.82) is 0 Å². The molecule has 0 heterocycles. The molecule has 3 heteroatoms. The molecule has 0 bridgehead atoms. The van der Waals surface area contributed by atoms with E-state index in [9.17, 15) is 9.90 Å². The molecule has 76 valence electrons. The molecule has 0 aliphatic carbocycles. The standard InChI is InChI=1S/C10H19NO2/c1-4-6-11-10(13)8(3)7-9(12)5-2/h7,9,12H,4-6H2,1-3H3,(H,11,13)/b8-7+. The molecular formula is C10H19NO2. The molecule has 0 spiro atoms. The van der Waals surface area contributed by atoms with E-state index in [-0.39, 0.29) is 5.91 Å². The van der Waals surface area contributed by atoms with Crippen LogP contribution in [0.5, 0.6) is 0 Å². The van der Waals surface area contributed by atoms with Crippen LogP contribution in [-0.2, 0) is 4.79 Å². The highest BCUT2D eigenvalue weighted by Gasteiger charge is 2.04. The molecule has 0 aromatic carbocycles. The Bertz CT molecular complexity index is 187. The third kappa shape index (κ3) is 5.42. The third-order valence-corrected chi connectivity index (χ3v) is 1.75. The molecule has 0 aromatic heterocycles. The third-order valence-electron chi connectivity index (χ3n) is 1.75. The molecule has 0 aliphatic rings. The van der Waals surface area contributed by atoms with E-state index in [4.69, 9.17) is 0 Å². The average Bonchev–Trinajstić information content (AvgIpc) is 2.13. The van der Waals surface area contributed by atoms with Gasteiger partial charge in [0.05, 0.1) is 6.10 Å². The zero-order chi connectivity index (χ0) is 10.3. The topological polar surface area (TPSA) is 49.3 Å². The summed E-state index contributed by atoms with van der Waals surface area (Å²) in [5.41, 5.74) is 0.586. The Morgan fingerprint density at radius 3 is 2.62 bits per heavy atom. The molecule has 13 heavy (non-hydrogen) atoms. The fraction of sp³-hybridized carbons (Fsp3) is 0.700. The molecule has 1 amide bonds. The fourth-order valence-electron chi connectivity index (χ4n) is 0.860. The number of carbonyl (C=O) groups is 1. The average molecular weight is 185 g/mol. The van der Waals surface area contributed by atoms with Crippen molar-refractivity contribution >= 4 is 5.91 Å². The first-order valence-electron chi connectivity index (χ1n) is 4.76. The van der Waals surface area contributed by atoms with E-state index in [1.807, 2.05) is 13.8 Å². The van der Waals surface area contributed by atoms with E-state index >= 15 is 0 Å². The van der Waals surface area contributed by atoms with Gasteiger partial charge >= 0.3 is 0 Å². The summed E-state index contributed by atoms with van der Waals surface area (Å²) in [6.07, 6.45) is 2.64. The van der Waals surface area contributed by atoms with Crippen LogP contribution >= 0.6 is 0 Å². The van der Waals surface area contributed by atoms with Crippen LogP contribution in [0.1, 0.15) is 33.6 Å². The van der Waals surface area contributed by atoms with E-state index in [1.165, 1.54) is 0 Å². The zero-order valence-corrected chi connectivity index (χ0v) is 8.63. The summed E-state index contributed by atoms with van der Waals surface area (Å²) < 4.78 is 0. The van der Waals surface area contributed by atoms with Crippen LogP contribution in [0.3, 0.4) is 0 Å². The monoisotopic (exact) mass is 185 g/mol. The van der Waals surface area contributed by atoms with E-state index in [1.54, 1.807) is 13.0 Å². The molecule has 0 radical (unpaired) electrons. The summed E-state index contributed by atoms with van der Waals surface area (Å²) in [5, 5.41) is 12.0. The van der Waals surface area contributed by atoms with Crippen LogP contribution in [0.15, 0.2) is 11.6 Å². The van der Waals surface area contributed by atoms with Gasteiger partial charge < -0.3 is 10.4 Å². The van der Waals surface area contributed by atoms with E-state index in [0.29, 0.717) is 18.5 Å². The Hall–Kier alpha value is -0.830. The number of aliphatic hydroxyl groups excluding tert-OH is 1. The van der Waals surface area contributed by atoms with Gasteiger partial charge in [-0.1, -0.05) is 13.8 Å². The SMILES string of the molecule is CCCNC(=O)/C(C)=C/C(O)CC. The van der Waals surface area contributed by atoms with Crippen molar-refractivity contribution in [2.24, 2.45) is 0 Å². The summed E-state index contributed by atoms with van der Waals surface area (Å²) in [5.74, 6) is -0.0886. The van der Waals surface area contributed by atoms with Crippen molar-refractivity contribution in [2.45, 2.75) is 39.7 Å². The minimum Gasteiger partial charge on any atom is -0.389 e. The first kappa shape index (κ1) is 12.2. The highest BCUT2D eigenvalue weighted by molar-refractivity contribution is 5.92. The van der Waals surface area contributed by atoms with Crippen LogP contribution in [0.25, 0.3) is 0 Å². The van der Waals surface area contributed by atoms with Crippen molar-refractivity contribution in [3.8, 4) is 0 Å². The molecule has 0 saturated heterocycles. The highest BCUT2D eigenvalue weighted by atomic mass is 16.3. The first-order valence-corrected chi connectivity index (χ1v) is 4.76. The molecule has 1 atom stereocenters. The highest BCUT2D eigenvalue weighted by Crippen LogP contribution is 1.99. The Morgan fingerprint density at radius 1 is 1.54 bits per heavy atom. The number of aliphatic hydroxyl groups is 1. The van der Waals surface area contributed by atoms with E-state index in [2.05, 4.69) is 5.32 Å². The van der Waals surface area contributed by atoms with Gasteiger partial charge in [0.25, 0.3) is 0 Å². The second kappa shape index (κ2) is 6.66. The second-order valence-corrected chi connectivity index (χ2v) is 3.08. The summed E-state index contributed by atoms with van der Waals surface area (Å²) in [6, 6.07) is 0. The summed E-state index contributed by atoms with van der Waals surface area (Å²) in [6.45, 7) is 6.27. The fourth-order valence-corrected chi connectivity index (χ4v) is 0.860. The Morgan fingerprint density at radius 2 is 2.15 bits per heavy atom. The second-order valence-electron chi connectivity index (χ2n) is 3.08. The van der Waals surface area contributed by atoms with Gasteiger partial charge in [0.1, 0.15) is 0 Å². The Kier molecular flexibility index (Phi) is 6.24. The molecule has 0 rings (SSSR count). The minimum atomic E-state index is -0.507. The van der Waals surface area contributed by atoms with Gasteiger partial charge in [0.2, 0.25) is 5.91 Å². The Labute approximate surface area is 79.8 Å². The number of carbonyl (C=O) groups excluding carboxylic acids is 1. The lowest BCUT2D eigenvalue weighted by Crippen LogP contribution is -2.25. The predicted octanol–water partition coefficient (Wildman–Crippen LogP) is 1.23.